The standard InChI is InChI=1S/C18H12BrNO4/c1-23-17(21)12-7-3-2-6-11(12)10-15-18(22)24-16(20-15)13-8-4-5-9-14(13)19/h2-10H,1H3. The molecule has 2 aromatic rings. The number of aliphatic imine (C=N–C) groups is 1. The summed E-state index contributed by atoms with van der Waals surface area (Å²) in [4.78, 5) is 28.1. The Morgan fingerprint density at radius 1 is 1.17 bits per heavy atom. The first kappa shape index (κ1) is 16.1. The van der Waals surface area contributed by atoms with Crippen molar-refractivity contribution in [1.29, 1.82) is 0 Å². The van der Waals surface area contributed by atoms with E-state index < -0.39 is 11.9 Å². The number of rotatable bonds is 3. The van der Waals surface area contributed by atoms with Gasteiger partial charge >= 0.3 is 11.9 Å². The van der Waals surface area contributed by atoms with Crippen LogP contribution in [-0.4, -0.2) is 24.9 Å². The number of nitrogens with zero attached hydrogens (tertiary/aromatic N) is 1. The lowest BCUT2D eigenvalue weighted by Gasteiger charge is -2.03. The Balaban J connectivity index is 2.01. The average molecular weight is 386 g/mol. The van der Waals surface area contributed by atoms with E-state index >= 15 is 0 Å². The highest BCUT2D eigenvalue weighted by molar-refractivity contribution is 9.10. The van der Waals surface area contributed by atoms with Crippen LogP contribution in [0.5, 0.6) is 0 Å². The maximum Gasteiger partial charge on any atom is 0.363 e. The summed E-state index contributed by atoms with van der Waals surface area (Å²) in [6, 6.07) is 14.1. The first-order valence-electron chi connectivity index (χ1n) is 7.05. The number of carbonyl (C=O) groups is 2. The number of halogens is 1. The highest BCUT2D eigenvalue weighted by Crippen LogP contribution is 2.24. The molecule has 0 saturated heterocycles. The molecule has 5 nitrogen and oxygen atoms in total. The Kier molecular flexibility index (Phi) is 4.57. The zero-order valence-corrected chi connectivity index (χ0v) is 14.2. The fourth-order valence-corrected chi connectivity index (χ4v) is 2.68. The number of benzene rings is 2. The molecule has 0 fully saturated rings. The van der Waals surface area contributed by atoms with E-state index in [1.165, 1.54) is 13.2 Å². The van der Waals surface area contributed by atoms with E-state index in [1.54, 1.807) is 30.3 Å². The fourth-order valence-electron chi connectivity index (χ4n) is 2.23. The highest BCUT2D eigenvalue weighted by Gasteiger charge is 2.26. The quantitative estimate of drug-likeness (QED) is 0.598. The van der Waals surface area contributed by atoms with E-state index in [-0.39, 0.29) is 11.6 Å². The van der Waals surface area contributed by atoms with Crippen LogP contribution in [0.2, 0.25) is 0 Å². The molecule has 6 heteroatoms. The summed E-state index contributed by atoms with van der Waals surface area (Å²) in [7, 11) is 1.30. The molecule has 1 aliphatic heterocycles. The Labute approximate surface area is 146 Å². The summed E-state index contributed by atoms with van der Waals surface area (Å²) in [5, 5.41) is 0. The normalized spacial score (nSPS) is 15.2. The maximum absolute atomic E-state index is 12.1. The van der Waals surface area contributed by atoms with Crippen molar-refractivity contribution in [2.75, 3.05) is 7.11 Å². The second kappa shape index (κ2) is 6.80. The minimum atomic E-state index is -0.569. The molecular formula is C18H12BrNO4. The van der Waals surface area contributed by atoms with Crippen LogP contribution >= 0.6 is 15.9 Å². The third-order valence-electron chi connectivity index (χ3n) is 3.38. The maximum atomic E-state index is 12.1. The molecule has 0 aromatic heterocycles. The molecule has 1 heterocycles. The van der Waals surface area contributed by atoms with Crippen molar-refractivity contribution in [3.63, 3.8) is 0 Å². The molecule has 0 radical (unpaired) electrons. The second-order valence-electron chi connectivity index (χ2n) is 4.89. The van der Waals surface area contributed by atoms with Gasteiger partial charge in [-0.1, -0.05) is 30.3 Å². The Hall–Kier alpha value is -2.73. The van der Waals surface area contributed by atoms with E-state index in [1.807, 2.05) is 18.2 Å². The molecule has 0 atom stereocenters. The van der Waals surface area contributed by atoms with Gasteiger partial charge in [0.1, 0.15) is 0 Å². The van der Waals surface area contributed by atoms with Crippen LogP contribution in [0.25, 0.3) is 6.08 Å². The van der Waals surface area contributed by atoms with E-state index in [0.29, 0.717) is 16.7 Å². The van der Waals surface area contributed by atoms with Crippen molar-refractivity contribution in [2.24, 2.45) is 4.99 Å². The van der Waals surface area contributed by atoms with Crippen molar-refractivity contribution in [3.8, 4) is 0 Å². The lowest BCUT2D eigenvalue weighted by molar-refractivity contribution is -0.129. The summed E-state index contributed by atoms with van der Waals surface area (Å²) >= 11 is 3.40. The first-order chi connectivity index (χ1) is 11.6. The van der Waals surface area contributed by atoms with Crippen LogP contribution in [0.3, 0.4) is 0 Å². The lowest BCUT2D eigenvalue weighted by Crippen LogP contribution is -2.06. The molecule has 0 spiro atoms. The minimum Gasteiger partial charge on any atom is -0.465 e. The Morgan fingerprint density at radius 3 is 2.62 bits per heavy atom. The monoisotopic (exact) mass is 385 g/mol. The topological polar surface area (TPSA) is 65.0 Å². The molecule has 0 aliphatic carbocycles. The predicted molar refractivity (Wildman–Crippen MR) is 92.5 cm³/mol. The van der Waals surface area contributed by atoms with Gasteiger partial charge in [-0.25, -0.2) is 14.6 Å². The van der Waals surface area contributed by atoms with Crippen LogP contribution in [-0.2, 0) is 14.3 Å². The second-order valence-corrected chi connectivity index (χ2v) is 5.75. The molecule has 24 heavy (non-hydrogen) atoms. The molecule has 120 valence electrons. The van der Waals surface area contributed by atoms with E-state index in [2.05, 4.69) is 20.9 Å². The molecule has 0 unspecified atom stereocenters. The van der Waals surface area contributed by atoms with Gasteiger partial charge in [0.15, 0.2) is 5.70 Å². The smallest absolute Gasteiger partial charge is 0.363 e. The van der Waals surface area contributed by atoms with Crippen LogP contribution < -0.4 is 0 Å². The summed E-state index contributed by atoms with van der Waals surface area (Å²) in [5.74, 6) is -0.835. The summed E-state index contributed by atoms with van der Waals surface area (Å²) in [6.45, 7) is 0. The molecule has 0 amide bonds. The number of hydrogen-bond acceptors (Lipinski definition) is 5. The predicted octanol–water partition coefficient (Wildman–Crippen LogP) is 3.58. The molecule has 2 aromatic carbocycles. The number of esters is 2. The molecule has 3 rings (SSSR count). The molecule has 0 saturated carbocycles. The SMILES string of the molecule is COC(=O)c1ccccc1C=C1N=C(c2ccccc2Br)OC1=O. The van der Waals surface area contributed by atoms with Crippen molar-refractivity contribution in [2.45, 2.75) is 0 Å². The summed E-state index contributed by atoms with van der Waals surface area (Å²) < 4.78 is 10.8. The van der Waals surface area contributed by atoms with Gasteiger partial charge in [-0.2, -0.15) is 0 Å². The number of carbonyl (C=O) groups excluding carboxylic acids is 2. The number of ether oxygens (including phenoxy) is 2. The summed E-state index contributed by atoms with van der Waals surface area (Å²) in [5.41, 5.74) is 1.69. The molecule has 1 aliphatic rings. The van der Waals surface area contributed by atoms with Gasteiger partial charge in [-0.3, -0.25) is 0 Å². The number of hydrogen-bond donors (Lipinski definition) is 0. The molecule has 0 bridgehead atoms. The van der Waals surface area contributed by atoms with Crippen LogP contribution in [0, 0.1) is 0 Å². The Morgan fingerprint density at radius 2 is 1.88 bits per heavy atom. The number of methoxy groups -OCH3 is 1. The number of cyclic esters (lactones) is 1. The van der Waals surface area contributed by atoms with Crippen molar-refractivity contribution in [3.05, 3.63) is 75.4 Å². The average Bonchev–Trinajstić information content (AvgIpc) is 2.95. The van der Waals surface area contributed by atoms with Gasteiger partial charge in [-0.05, 0) is 45.8 Å². The largest absolute Gasteiger partial charge is 0.465 e. The lowest BCUT2D eigenvalue weighted by atomic mass is 10.1. The van der Waals surface area contributed by atoms with Gasteiger partial charge in [0.25, 0.3) is 0 Å². The van der Waals surface area contributed by atoms with E-state index in [9.17, 15) is 9.59 Å². The van der Waals surface area contributed by atoms with Crippen molar-refractivity contribution >= 4 is 39.8 Å². The van der Waals surface area contributed by atoms with Gasteiger partial charge < -0.3 is 9.47 Å². The third kappa shape index (κ3) is 3.14. The molecular weight excluding hydrogens is 374 g/mol. The first-order valence-corrected chi connectivity index (χ1v) is 7.84. The van der Waals surface area contributed by atoms with E-state index in [0.717, 1.165) is 4.47 Å². The van der Waals surface area contributed by atoms with Gasteiger partial charge in [0.05, 0.1) is 18.2 Å². The zero-order chi connectivity index (χ0) is 17.1. The summed E-state index contributed by atoms with van der Waals surface area (Å²) in [6.07, 6.45) is 1.51. The Bertz CT molecular complexity index is 886. The highest BCUT2D eigenvalue weighted by atomic mass is 79.9. The minimum absolute atomic E-state index is 0.122. The van der Waals surface area contributed by atoms with Gasteiger partial charge in [0, 0.05) is 4.47 Å². The molecule has 0 N–H and O–H groups in total. The van der Waals surface area contributed by atoms with Gasteiger partial charge in [-0.15, -0.1) is 0 Å². The van der Waals surface area contributed by atoms with Crippen LogP contribution in [0.4, 0.5) is 0 Å². The fraction of sp³-hybridized carbons (Fsp3) is 0.0556. The van der Waals surface area contributed by atoms with Crippen molar-refractivity contribution in [1.82, 2.24) is 0 Å². The van der Waals surface area contributed by atoms with Crippen molar-refractivity contribution < 1.29 is 19.1 Å². The van der Waals surface area contributed by atoms with Crippen LogP contribution in [0.1, 0.15) is 21.5 Å². The van der Waals surface area contributed by atoms with Gasteiger partial charge in [0.2, 0.25) is 5.90 Å². The van der Waals surface area contributed by atoms with Crippen LogP contribution in [0.15, 0.2) is 63.7 Å². The third-order valence-corrected chi connectivity index (χ3v) is 4.07. The van der Waals surface area contributed by atoms with E-state index in [4.69, 9.17) is 9.47 Å². The zero-order valence-electron chi connectivity index (χ0n) is 12.7.